The summed E-state index contributed by atoms with van der Waals surface area (Å²) in [4.78, 5) is 0. The van der Waals surface area contributed by atoms with Crippen LogP contribution in [-0.4, -0.2) is 5.16 Å². The van der Waals surface area contributed by atoms with Crippen molar-refractivity contribution >= 4 is 17.4 Å². The average Bonchev–Trinajstić information content (AvgIpc) is 2.57. The normalized spacial score (nSPS) is 10.4. The van der Waals surface area contributed by atoms with Gasteiger partial charge in [0.25, 0.3) is 0 Å². The summed E-state index contributed by atoms with van der Waals surface area (Å²) < 4.78 is 5.01. The lowest BCUT2D eigenvalue weighted by Gasteiger charge is -1.99. The van der Waals surface area contributed by atoms with Crippen LogP contribution in [0.15, 0.2) is 28.8 Å². The highest BCUT2D eigenvalue weighted by Crippen LogP contribution is 2.26. The second-order valence-corrected chi connectivity index (χ2v) is 3.49. The van der Waals surface area contributed by atoms with E-state index in [-0.39, 0.29) is 0 Å². The average molecular weight is 209 g/mol. The largest absolute Gasteiger partial charge is 0.381 e. The maximum absolute atomic E-state index is 5.98. The molecule has 0 radical (unpaired) electrons. The number of hydrogen-bond acceptors (Lipinski definition) is 3. The van der Waals surface area contributed by atoms with Crippen LogP contribution in [0.3, 0.4) is 0 Å². The van der Waals surface area contributed by atoms with Gasteiger partial charge in [-0.25, -0.2) is 0 Å². The molecule has 0 saturated heterocycles. The zero-order chi connectivity index (χ0) is 10.1. The molecule has 1 aromatic carbocycles. The number of aryl methyl sites for hydroxylation is 1. The number of rotatable bonds is 1. The Kier molecular flexibility index (Phi) is 2.17. The van der Waals surface area contributed by atoms with Crippen molar-refractivity contribution in [2.24, 2.45) is 0 Å². The summed E-state index contributed by atoms with van der Waals surface area (Å²) in [5.41, 5.74) is 7.36. The third-order valence-electron chi connectivity index (χ3n) is 1.98. The van der Waals surface area contributed by atoms with E-state index in [4.69, 9.17) is 21.9 Å². The van der Waals surface area contributed by atoms with Gasteiger partial charge in [0.1, 0.15) is 0 Å². The third kappa shape index (κ3) is 1.59. The number of halogens is 1. The lowest BCUT2D eigenvalue weighted by molar-refractivity contribution is 0.436. The summed E-state index contributed by atoms with van der Waals surface area (Å²) in [5.74, 6) is 1.00. The lowest BCUT2D eigenvalue weighted by atomic mass is 10.1. The second kappa shape index (κ2) is 3.35. The van der Waals surface area contributed by atoms with E-state index in [0.29, 0.717) is 16.6 Å². The van der Waals surface area contributed by atoms with E-state index in [1.165, 1.54) is 0 Å². The Labute approximate surface area is 86.5 Å². The highest BCUT2D eigenvalue weighted by molar-refractivity contribution is 6.31. The van der Waals surface area contributed by atoms with Crippen molar-refractivity contribution < 1.29 is 4.52 Å². The minimum atomic E-state index is 0.372. The van der Waals surface area contributed by atoms with E-state index in [1.54, 1.807) is 6.07 Å². The van der Waals surface area contributed by atoms with Gasteiger partial charge in [-0.2, -0.15) is 0 Å². The molecule has 3 nitrogen and oxygen atoms in total. The van der Waals surface area contributed by atoms with E-state index >= 15 is 0 Å². The third-order valence-corrected chi connectivity index (χ3v) is 2.39. The zero-order valence-electron chi connectivity index (χ0n) is 7.62. The van der Waals surface area contributed by atoms with Crippen LogP contribution in [0.1, 0.15) is 5.56 Å². The van der Waals surface area contributed by atoms with E-state index in [1.807, 2.05) is 25.1 Å². The van der Waals surface area contributed by atoms with Gasteiger partial charge in [-0.1, -0.05) is 28.9 Å². The molecular weight excluding hydrogens is 200 g/mol. The summed E-state index contributed by atoms with van der Waals surface area (Å²) in [6, 6.07) is 7.34. The summed E-state index contributed by atoms with van der Waals surface area (Å²) >= 11 is 5.98. The van der Waals surface area contributed by atoms with E-state index < -0.39 is 0 Å². The highest BCUT2D eigenvalue weighted by Gasteiger charge is 2.05. The maximum atomic E-state index is 5.98. The molecule has 4 heteroatoms. The predicted molar refractivity (Wildman–Crippen MR) is 56.1 cm³/mol. The minimum Gasteiger partial charge on any atom is -0.381 e. The van der Waals surface area contributed by atoms with Gasteiger partial charge < -0.3 is 10.3 Å². The molecule has 0 amide bonds. The highest BCUT2D eigenvalue weighted by atomic mass is 35.5. The molecule has 0 bridgehead atoms. The van der Waals surface area contributed by atoms with Crippen molar-refractivity contribution in [3.63, 3.8) is 0 Å². The van der Waals surface area contributed by atoms with Crippen molar-refractivity contribution in [2.45, 2.75) is 6.92 Å². The molecule has 0 saturated carbocycles. The Bertz CT molecular complexity index is 465. The number of aromatic nitrogens is 1. The van der Waals surface area contributed by atoms with Gasteiger partial charge in [0.2, 0.25) is 0 Å². The van der Waals surface area contributed by atoms with E-state index in [0.717, 1.165) is 11.1 Å². The van der Waals surface area contributed by atoms with Crippen LogP contribution in [0.25, 0.3) is 11.3 Å². The number of benzene rings is 1. The molecule has 2 rings (SSSR count). The fraction of sp³-hybridized carbons (Fsp3) is 0.100. The topological polar surface area (TPSA) is 52.0 Å². The zero-order valence-corrected chi connectivity index (χ0v) is 8.38. The molecule has 14 heavy (non-hydrogen) atoms. The molecule has 0 unspecified atom stereocenters. The fourth-order valence-corrected chi connectivity index (χ4v) is 1.35. The number of nitrogens with two attached hydrogens (primary N) is 1. The number of anilines is 1. The van der Waals surface area contributed by atoms with Crippen LogP contribution in [-0.2, 0) is 0 Å². The molecule has 0 aliphatic heterocycles. The smallest absolute Gasteiger partial charge is 0.169 e. The molecule has 72 valence electrons. The Morgan fingerprint density at radius 1 is 1.36 bits per heavy atom. The summed E-state index contributed by atoms with van der Waals surface area (Å²) in [6.07, 6.45) is 0. The van der Waals surface area contributed by atoms with Crippen LogP contribution < -0.4 is 5.73 Å². The molecule has 1 heterocycles. The van der Waals surface area contributed by atoms with Crippen LogP contribution in [0, 0.1) is 6.92 Å². The number of hydrogen-bond donors (Lipinski definition) is 1. The molecule has 0 aliphatic carbocycles. The maximum Gasteiger partial charge on any atom is 0.169 e. The van der Waals surface area contributed by atoms with Crippen molar-refractivity contribution in [3.8, 4) is 11.3 Å². The van der Waals surface area contributed by atoms with Gasteiger partial charge in [0, 0.05) is 16.7 Å². The lowest BCUT2D eigenvalue weighted by Crippen LogP contribution is -1.80. The monoisotopic (exact) mass is 208 g/mol. The van der Waals surface area contributed by atoms with Crippen LogP contribution in [0.4, 0.5) is 5.82 Å². The van der Waals surface area contributed by atoms with E-state index in [9.17, 15) is 0 Å². The fourth-order valence-electron chi connectivity index (χ4n) is 1.17. The van der Waals surface area contributed by atoms with E-state index in [2.05, 4.69) is 5.16 Å². The van der Waals surface area contributed by atoms with Gasteiger partial charge in [-0.05, 0) is 18.6 Å². The first kappa shape index (κ1) is 9.09. The SMILES string of the molecule is Cc1ccc(-c2cc(N)no2)cc1Cl. The van der Waals surface area contributed by atoms with Gasteiger partial charge in [0.15, 0.2) is 11.6 Å². The van der Waals surface area contributed by atoms with Crippen LogP contribution >= 0.6 is 11.6 Å². The molecule has 0 fully saturated rings. The first-order valence-electron chi connectivity index (χ1n) is 4.15. The van der Waals surface area contributed by atoms with Gasteiger partial charge in [-0.15, -0.1) is 0 Å². The first-order valence-corrected chi connectivity index (χ1v) is 4.53. The molecular formula is C10H9ClN2O. The van der Waals surface area contributed by atoms with Gasteiger partial charge in [0.05, 0.1) is 0 Å². The molecule has 1 aromatic heterocycles. The van der Waals surface area contributed by atoms with Gasteiger partial charge >= 0.3 is 0 Å². The number of nitrogens with zero attached hydrogens (tertiary/aromatic N) is 1. The Morgan fingerprint density at radius 3 is 2.71 bits per heavy atom. The van der Waals surface area contributed by atoms with Crippen LogP contribution in [0.2, 0.25) is 5.02 Å². The van der Waals surface area contributed by atoms with Crippen molar-refractivity contribution in [2.75, 3.05) is 5.73 Å². The molecule has 2 aromatic rings. The molecule has 0 aliphatic rings. The number of nitrogen functional groups attached to an aromatic ring is 1. The summed E-state index contributed by atoms with van der Waals surface area (Å²) in [7, 11) is 0. The summed E-state index contributed by atoms with van der Waals surface area (Å²) in [5, 5.41) is 4.31. The molecule has 0 spiro atoms. The minimum absolute atomic E-state index is 0.372. The first-order chi connectivity index (χ1) is 6.66. The Balaban J connectivity index is 2.47. The van der Waals surface area contributed by atoms with Crippen LogP contribution in [0.5, 0.6) is 0 Å². The summed E-state index contributed by atoms with van der Waals surface area (Å²) in [6.45, 7) is 1.95. The van der Waals surface area contributed by atoms with Crippen molar-refractivity contribution in [1.29, 1.82) is 0 Å². The second-order valence-electron chi connectivity index (χ2n) is 3.08. The molecule has 2 N–H and O–H groups in total. The van der Waals surface area contributed by atoms with Gasteiger partial charge in [-0.3, -0.25) is 0 Å². The predicted octanol–water partition coefficient (Wildman–Crippen LogP) is 2.89. The molecule has 0 atom stereocenters. The standard InChI is InChI=1S/C10H9ClN2O/c1-6-2-3-7(4-8(6)11)9-5-10(12)13-14-9/h2-5H,1H3,(H2,12,13). The van der Waals surface area contributed by atoms with Crippen molar-refractivity contribution in [1.82, 2.24) is 5.16 Å². The Morgan fingerprint density at radius 2 is 2.14 bits per heavy atom. The van der Waals surface area contributed by atoms with Crippen molar-refractivity contribution in [3.05, 3.63) is 34.9 Å². The quantitative estimate of drug-likeness (QED) is 0.784. The Hall–Kier alpha value is -1.48.